The van der Waals surface area contributed by atoms with E-state index in [1.54, 1.807) is 17.5 Å². The minimum Gasteiger partial charge on any atom is -0.218 e. The van der Waals surface area contributed by atoms with E-state index in [1.165, 1.54) is 0 Å². The second kappa shape index (κ2) is 3.43. The number of aromatic nitrogens is 3. The molecule has 3 rings (SSSR count). The number of imidazole rings is 1. The van der Waals surface area contributed by atoms with Crippen LogP contribution in [0.15, 0.2) is 40.4 Å². The molecule has 0 spiro atoms. The molecule has 0 aliphatic rings. The summed E-state index contributed by atoms with van der Waals surface area (Å²) in [5.41, 5.74) is 0.987. The normalized spacial score (nSPS) is 11.0. The molecular formula is C10H6BrN3S. The average Bonchev–Trinajstić information content (AvgIpc) is 2.87. The number of rotatable bonds is 1. The Morgan fingerprint density at radius 2 is 2.20 bits per heavy atom. The highest BCUT2D eigenvalue weighted by Gasteiger charge is 2.11. The van der Waals surface area contributed by atoms with Crippen LogP contribution in [0.2, 0.25) is 0 Å². The molecule has 3 aromatic rings. The molecule has 0 saturated heterocycles. The van der Waals surface area contributed by atoms with Crippen molar-refractivity contribution in [2.24, 2.45) is 0 Å². The minimum absolute atomic E-state index is 0.832. The molecule has 0 bridgehead atoms. The van der Waals surface area contributed by atoms with E-state index >= 15 is 0 Å². The number of hydrogen-bond acceptors (Lipinski definition) is 3. The summed E-state index contributed by atoms with van der Waals surface area (Å²) < 4.78 is 2.68. The Morgan fingerprint density at radius 3 is 3.00 bits per heavy atom. The zero-order valence-electron chi connectivity index (χ0n) is 7.59. The Kier molecular flexibility index (Phi) is 2.07. The molecule has 3 heterocycles. The number of thiophene rings is 1. The molecule has 3 aromatic heterocycles. The van der Waals surface area contributed by atoms with Crippen molar-refractivity contribution in [2.75, 3.05) is 0 Å². The maximum Gasteiger partial charge on any atom is 0.172 e. The third-order valence-corrected chi connectivity index (χ3v) is 3.56. The predicted molar refractivity (Wildman–Crippen MR) is 64.0 cm³/mol. The van der Waals surface area contributed by atoms with Crippen molar-refractivity contribution >= 4 is 32.8 Å². The quantitative estimate of drug-likeness (QED) is 0.685. The van der Waals surface area contributed by atoms with E-state index in [-0.39, 0.29) is 0 Å². The van der Waals surface area contributed by atoms with Gasteiger partial charge >= 0.3 is 0 Å². The summed E-state index contributed by atoms with van der Waals surface area (Å²) in [5, 5.41) is 6.32. The van der Waals surface area contributed by atoms with Crippen molar-refractivity contribution in [3.05, 3.63) is 40.4 Å². The summed E-state index contributed by atoms with van der Waals surface area (Å²) in [6, 6.07) is 7.94. The maximum absolute atomic E-state index is 4.46. The monoisotopic (exact) mass is 279 g/mol. The number of halogens is 1. The molecule has 74 valence electrons. The maximum atomic E-state index is 4.46. The third kappa shape index (κ3) is 1.39. The van der Waals surface area contributed by atoms with Gasteiger partial charge in [0.25, 0.3) is 0 Å². The molecular weight excluding hydrogens is 274 g/mol. The molecule has 0 saturated carbocycles. The standard InChI is InChI=1S/C10H6BrN3S/c11-9-7-3-1-5-12-14(7)10(13-9)8-4-2-6-15-8/h1-6H. The summed E-state index contributed by atoms with van der Waals surface area (Å²) in [5.74, 6) is 0.882. The van der Waals surface area contributed by atoms with Crippen molar-refractivity contribution in [2.45, 2.75) is 0 Å². The van der Waals surface area contributed by atoms with E-state index in [0.29, 0.717) is 0 Å². The lowest BCUT2D eigenvalue weighted by Gasteiger charge is -1.95. The van der Waals surface area contributed by atoms with Crippen molar-refractivity contribution in [3.63, 3.8) is 0 Å². The van der Waals surface area contributed by atoms with Gasteiger partial charge in [-0.3, -0.25) is 0 Å². The predicted octanol–water partition coefficient (Wildman–Crippen LogP) is 3.22. The summed E-state index contributed by atoms with van der Waals surface area (Å²) in [6.45, 7) is 0. The van der Waals surface area contributed by atoms with Gasteiger partial charge in [-0.2, -0.15) is 5.10 Å². The first-order valence-corrected chi connectivity index (χ1v) is 6.06. The Balaban J connectivity index is 2.37. The zero-order valence-corrected chi connectivity index (χ0v) is 9.99. The van der Waals surface area contributed by atoms with Crippen LogP contribution in [0, 0.1) is 0 Å². The van der Waals surface area contributed by atoms with Crippen molar-refractivity contribution < 1.29 is 0 Å². The van der Waals surface area contributed by atoms with E-state index < -0.39 is 0 Å². The Hall–Kier alpha value is -1.20. The first-order chi connectivity index (χ1) is 7.36. The van der Waals surface area contributed by atoms with Crippen molar-refractivity contribution in [1.82, 2.24) is 14.6 Å². The summed E-state index contributed by atoms with van der Waals surface area (Å²) in [4.78, 5) is 5.58. The van der Waals surface area contributed by atoms with E-state index in [2.05, 4.69) is 26.0 Å². The molecule has 0 N–H and O–H groups in total. The number of fused-ring (bicyclic) bond motifs is 1. The smallest absolute Gasteiger partial charge is 0.172 e. The number of hydrogen-bond donors (Lipinski definition) is 0. The van der Waals surface area contributed by atoms with E-state index in [1.807, 2.05) is 34.2 Å². The van der Waals surface area contributed by atoms with Crippen LogP contribution in [0.5, 0.6) is 0 Å². The van der Waals surface area contributed by atoms with Crippen molar-refractivity contribution in [1.29, 1.82) is 0 Å². The first-order valence-electron chi connectivity index (χ1n) is 4.39. The Bertz CT molecular complexity index is 600. The second-order valence-corrected chi connectivity index (χ2v) is 4.72. The van der Waals surface area contributed by atoms with Gasteiger partial charge in [-0.25, -0.2) is 9.50 Å². The lowest BCUT2D eigenvalue weighted by molar-refractivity contribution is 0.938. The molecule has 0 unspecified atom stereocenters. The highest BCUT2D eigenvalue weighted by molar-refractivity contribution is 9.10. The fraction of sp³-hybridized carbons (Fsp3) is 0. The molecule has 0 aliphatic carbocycles. The zero-order chi connectivity index (χ0) is 10.3. The van der Waals surface area contributed by atoms with E-state index in [0.717, 1.165) is 20.8 Å². The third-order valence-electron chi connectivity index (χ3n) is 2.11. The fourth-order valence-corrected chi connectivity index (χ4v) is 2.63. The molecule has 5 heteroatoms. The molecule has 0 radical (unpaired) electrons. The van der Waals surface area contributed by atoms with Crippen molar-refractivity contribution in [3.8, 4) is 10.7 Å². The lowest BCUT2D eigenvalue weighted by Crippen LogP contribution is -1.91. The SMILES string of the molecule is Brc1nc(-c2cccs2)n2ncccc12. The molecule has 3 nitrogen and oxygen atoms in total. The van der Waals surface area contributed by atoms with Crippen LogP contribution in [0.3, 0.4) is 0 Å². The van der Waals surface area contributed by atoms with Crippen LogP contribution in [-0.2, 0) is 0 Å². The van der Waals surface area contributed by atoms with Gasteiger partial charge in [0.1, 0.15) is 4.60 Å². The molecule has 0 aromatic carbocycles. The van der Waals surface area contributed by atoms with Gasteiger partial charge in [-0.1, -0.05) is 6.07 Å². The van der Waals surface area contributed by atoms with Crippen LogP contribution >= 0.6 is 27.3 Å². The van der Waals surface area contributed by atoms with Gasteiger partial charge in [0.2, 0.25) is 0 Å². The van der Waals surface area contributed by atoms with Gasteiger partial charge in [-0.15, -0.1) is 11.3 Å². The van der Waals surface area contributed by atoms with Crippen LogP contribution in [-0.4, -0.2) is 14.6 Å². The summed E-state index contributed by atoms with van der Waals surface area (Å²) >= 11 is 5.10. The molecule has 15 heavy (non-hydrogen) atoms. The minimum atomic E-state index is 0.832. The van der Waals surface area contributed by atoms with Gasteiger partial charge in [0, 0.05) is 6.20 Å². The second-order valence-electron chi connectivity index (χ2n) is 3.02. The van der Waals surface area contributed by atoms with E-state index in [4.69, 9.17) is 0 Å². The van der Waals surface area contributed by atoms with Gasteiger partial charge in [0.15, 0.2) is 5.82 Å². The summed E-state index contributed by atoms with van der Waals surface area (Å²) in [7, 11) is 0. The molecule has 0 fully saturated rings. The average molecular weight is 280 g/mol. The fourth-order valence-electron chi connectivity index (χ4n) is 1.46. The first kappa shape index (κ1) is 9.06. The highest BCUT2D eigenvalue weighted by Crippen LogP contribution is 2.27. The van der Waals surface area contributed by atoms with Gasteiger partial charge in [0.05, 0.1) is 10.4 Å². The summed E-state index contributed by atoms with van der Waals surface area (Å²) in [6.07, 6.45) is 1.76. The molecule has 0 amide bonds. The highest BCUT2D eigenvalue weighted by atomic mass is 79.9. The van der Waals surface area contributed by atoms with E-state index in [9.17, 15) is 0 Å². The molecule has 0 aliphatic heterocycles. The van der Waals surface area contributed by atoms with Gasteiger partial charge < -0.3 is 0 Å². The van der Waals surface area contributed by atoms with Crippen LogP contribution < -0.4 is 0 Å². The van der Waals surface area contributed by atoms with Gasteiger partial charge in [-0.05, 0) is 39.5 Å². The lowest BCUT2D eigenvalue weighted by atomic mass is 10.4. The number of nitrogens with zero attached hydrogens (tertiary/aromatic N) is 3. The van der Waals surface area contributed by atoms with Crippen LogP contribution in [0.1, 0.15) is 0 Å². The topological polar surface area (TPSA) is 30.2 Å². The Morgan fingerprint density at radius 1 is 1.27 bits per heavy atom. The molecule has 0 atom stereocenters. The van der Waals surface area contributed by atoms with Crippen LogP contribution in [0.4, 0.5) is 0 Å². The Labute approximate surface area is 98.5 Å². The van der Waals surface area contributed by atoms with Crippen LogP contribution in [0.25, 0.3) is 16.2 Å². The largest absolute Gasteiger partial charge is 0.218 e.